The Morgan fingerprint density at radius 3 is 2.56 bits per heavy atom. The van der Waals surface area contributed by atoms with Gasteiger partial charge in [0.2, 0.25) is 0 Å². The van der Waals surface area contributed by atoms with Gasteiger partial charge in [-0.05, 0) is 43.7 Å². The number of halogens is 1. The van der Waals surface area contributed by atoms with Gasteiger partial charge in [-0.2, -0.15) is 5.10 Å². The fraction of sp³-hybridized carbons (Fsp3) is 0.211. The van der Waals surface area contributed by atoms with Gasteiger partial charge in [0.15, 0.2) is 5.82 Å². The van der Waals surface area contributed by atoms with Gasteiger partial charge in [0.1, 0.15) is 5.82 Å². The van der Waals surface area contributed by atoms with E-state index in [1.807, 2.05) is 32.0 Å². The van der Waals surface area contributed by atoms with Crippen LogP contribution >= 0.6 is 0 Å². The number of carbonyl (C=O) groups excluding carboxylic acids is 1. The van der Waals surface area contributed by atoms with Crippen LogP contribution in [0, 0.1) is 12.7 Å². The Balaban J connectivity index is 1.85. The summed E-state index contributed by atoms with van der Waals surface area (Å²) >= 11 is 0. The van der Waals surface area contributed by atoms with E-state index in [0.717, 1.165) is 11.3 Å². The van der Waals surface area contributed by atoms with E-state index in [9.17, 15) is 9.18 Å². The molecule has 2 aromatic heterocycles. The van der Waals surface area contributed by atoms with Gasteiger partial charge in [-0.3, -0.25) is 4.79 Å². The van der Waals surface area contributed by atoms with Gasteiger partial charge in [-0.15, -0.1) is 0 Å². The van der Waals surface area contributed by atoms with Gasteiger partial charge in [0.05, 0.1) is 23.5 Å². The highest BCUT2D eigenvalue weighted by molar-refractivity contribution is 5.95. The molecule has 6 heteroatoms. The van der Waals surface area contributed by atoms with E-state index in [2.05, 4.69) is 10.1 Å². The smallest absolute Gasteiger partial charge is 0.257 e. The second-order valence-electron chi connectivity index (χ2n) is 5.89. The van der Waals surface area contributed by atoms with Crippen molar-refractivity contribution in [2.24, 2.45) is 0 Å². The van der Waals surface area contributed by atoms with Crippen molar-refractivity contribution in [1.29, 1.82) is 0 Å². The first-order chi connectivity index (χ1) is 12.0. The first-order valence-corrected chi connectivity index (χ1v) is 7.97. The molecule has 0 radical (unpaired) electrons. The molecule has 0 aliphatic rings. The Morgan fingerprint density at radius 2 is 1.92 bits per heavy atom. The minimum Gasteiger partial charge on any atom is -0.335 e. The fourth-order valence-electron chi connectivity index (χ4n) is 2.66. The molecule has 0 aliphatic heterocycles. The fourth-order valence-corrected chi connectivity index (χ4v) is 2.66. The SMILES string of the molecule is Cc1c(C(=O)N(C)[C@@H](C)c2ccc(F)cc2)cnn1-c1ccccn1. The van der Waals surface area contributed by atoms with Crippen LogP contribution in [0.4, 0.5) is 4.39 Å². The molecule has 128 valence electrons. The number of aromatic nitrogens is 3. The van der Waals surface area contributed by atoms with Gasteiger partial charge in [0.25, 0.3) is 5.91 Å². The molecule has 3 rings (SSSR count). The second-order valence-corrected chi connectivity index (χ2v) is 5.89. The van der Waals surface area contributed by atoms with Crippen LogP contribution in [0.1, 0.15) is 34.6 Å². The summed E-state index contributed by atoms with van der Waals surface area (Å²) in [7, 11) is 1.73. The summed E-state index contributed by atoms with van der Waals surface area (Å²) in [5.41, 5.74) is 2.11. The zero-order valence-electron chi connectivity index (χ0n) is 14.3. The predicted molar refractivity (Wildman–Crippen MR) is 93.0 cm³/mol. The summed E-state index contributed by atoms with van der Waals surface area (Å²) in [5, 5.41) is 4.29. The number of pyridine rings is 1. The van der Waals surface area contributed by atoms with Crippen LogP contribution in [0.15, 0.2) is 54.9 Å². The first-order valence-electron chi connectivity index (χ1n) is 7.97. The largest absolute Gasteiger partial charge is 0.335 e. The molecule has 0 saturated carbocycles. The van der Waals surface area contributed by atoms with Crippen molar-refractivity contribution in [3.8, 4) is 5.82 Å². The maximum Gasteiger partial charge on any atom is 0.257 e. The molecule has 0 bridgehead atoms. The lowest BCUT2D eigenvalue weighted by molar-refractivity contribution is 0.0742. The average molecular weight is 338 g/mol. The van der Waals surface area contributed by atoms with E-state index in [1.165, 1.54) is 12.1 Å². The summed E-state index contributed by atoms with van der Waals surface area (Å²) in [6.45, 7) is 3.74. The van der Waals surface area contributed by atoms with E-state index < -0.39 is 0 Å². The van der Waals surface area contributed by atoms with Crippen LogP contribution in [0.5, 0.6) is 0 Å². The summed E-state index contributed by atoms with van der Waals surface area (Å²) in [4.78, 5) is 18.8. The highest BCUT2D eigenvalue weighted by Crippen LogP contribution is 2.22. The molecule has 5 nitrogen and oxygen atoms in total. The number of nitrogens with zero attached hydrogens (tertiary/aromatic N) is 4. The van der Waals surface area contributed by atoms with Crippen LogP contribution in [-0.4, -0.2) is 32.6 Å². The average Bonchev–Trinajstić information content (AvgIpc) is 3.02. The van der Waals surface area contributed by atoms with E-state index in [4.69, 9.17) is 0 Å². The molecule has 0 spiro atoms. The van der Waals surface area contributed by atoms with Crippen molar-refractivity contribution >= 4 is 5.91 Å². The lowest BCUT2D eigenvalue weighted by atomic mass is 10.1. The topological polar surface area (TPSA) is 51.0 Å². The van der Waals surface area contributed by atoms with Gasteiger partial charge < -0.3 is 4.90 Å². The molecular formula is C19H19FN4O. The van der Waals surface area contributed by atoms with Crippen molar-refractivity contribution in [3.63, 3.8) is 0 Å². The molecule has 1 atom stereocenters. The molecule has 25 heavy (non-hydrogen) atoms. The Hall–Kier alpha value is -3.02. The minimum atomic E-state index is -0.294. The number of amides is 1. The van der Waals surface area contributed by atoms with Crippen LogP contribution in [0.3, 0.4) is 0 Å². The number of carbonyl (C=O) groups is 1. The zero-order valence-corrected chi connectivity index (χ0v) is 14.3. The highest BCUT2D eigenvalue weighted by atomic mass is 19.1. The zero-order chi connectivity index (χ0) is 18.0. The molecule has 0 aliphatic carbocycles. The maximum absolute atomic E-state index is 13.1. The van der Waals surface area contributed by atoms with Crippen LogP contribution < -0.4 is 0 Å². The predicted octanol–water partition coefficient (Wildman–Crippen LogP) is 3.55. The summed E-state index contributed by atoms with van der Waals surface area (Å²) in [6.07, 6.45) is 3.24. The summed E-state index contributed by atoms with van der Waals surface area (Å²) < 4.78 is 14.7. The molecule has 2 heterocycles. The lowest BCUT2D eigenvalue weighted by Crippen LogP contribution is -2.30. The number of hydrogen-bond donors (Lipinski definition) is 0. The quantitative estimate of drug-likeness (QED) is 0.731. The minimum absolute atomic E-state index is 0.142. The van der Waals surface area contributed by atoms with Gasteiger partial charge in [0, 0.05) is 13.2 Å². The second kappa shape index (κ2) is 6.84. The van der Waals surface area contributed by atoms with Crippen LogP contribution in [-0.2, 0) is 0 Å². The Bertz CT molecular complexity index is 874. The van der Waals surface area contributed by atoms with Crippen molar-refractivity contribution in [2.75, 3.05) is 7.05 Å². The van der Waals surface area contributed by atoms with Crippen LogP contribution in [0.25, 0.3) is 5.82 Å². The van der Waals surface area contributed by atoms with E-state index in [0.29, 0.717) is 11.4 Å². The van der Waals surface area contributed by atoms with Gasteiger partial charge in [-0.25, -0.2) is 14.1 Å². The molecular weight excluding hydrogens is 319 g/mol. The van der Waals surface area contributed by atoms with E-state index in [-0.39, 0.29) is 17.8 Å². The third-order valence-electron chi connectivity index (χ3n) is 4.36. The van der Waals surface area contributed by atoms with Crippen molar-refractivity contribution in [2.45, 2.75) is 19.9 Å². The third-order valence-corrected chi connectivity index (χ3v) is 4.36. The van der Waals surface area contributed by atoms with E-state index >= 15 is 0 Å². The molecule has 0 N–H and O–H groups in total. The number of hydrogen-bond acceptors (Lipinski definition) is 3. The van der Waals surface area contributed by atoms with Crippen molar-refractivity contribution in [3.05, 3.63) is 77.5 Å². The standard InChI is InChI=1S/C19H19FN4O/c1-13(15-7-9-16(20)10-8-15)23(3)19(25)17-12-22-24(14(17)2)18-6-4-5-11-21-18/h4-13H,1-3H3/t13-/m0/s1. The third kappa shape index (κ3) is 3.28. The monoisotopic (exact) mass is 338 g/mol. The van der Waals surface area contributed by atoms with Crippen molar-refractivity contribution in [1.82, 2.24) is 19.7 Å². The Morgan fingerprint density at radius 1 is 1.20 bits per heavy atom. The molecule has 0 unspecified atom stereocenters. The van der Waals surface area contributed by atoms with Crippen molar-refractivity contribution < 1.29 is 9.18 Å². The van der Waals surface area contributed by atoms with Crippen LogP contribution in [0.2, 0.25) is 0 Å². The Labute approximate surface area is 145 Å². The lowest BCUT2D eigenvalue weighted by Gasteiger charge is -2.25. The van der Waals surface area contributed by atoms with E-state index in [1.54, 1.807) is 41.2 Å². The van der Waals surface area contributed by atoms with Gasteiger partial charge in [-0.1, -0.05) is 18.2 Å². The summed E-state index contributed by atoms with van der Waals surface area (Å²) in [5.74, 6) is 0.224. The summed E-state index contributed by atoms with van der Waals surface area (Å²) in [6, 6.07) is 11.5. The molecule has 0 saturated heterocycles. The number of benzene rings is 1. The molecule has 1 aromatic carbocycles. The normalized spacial score (nSPS) is 12.0. The molecule has 1 amide bonds. The molecule has 3 aromatic rings. The first kappa shape index (κ1) is 16.8. The van der Waals surface area contributed by atoms with Gasteiger partial charge >= 0.3 is 0 Å². The number of rotatable bonds is 4. The molecule has 0 fully saturated rings. The maximum atomic E-state index is 13.1. The highest BCUT2D eigenvalue weighted by Gasteiger charge is 2.23. The Kier molecular flexibility index (Phi) is 4.61.